The van der Waals surface area contributed by atoms with Gasteiger partial charge in [-0.2, -0.15) is 0 Å². The van der Waals surface area contributed by atoms with Gasteiger partial charge in [-0.15, -0.1) is 0 Å². The van der Waals surface area contributed by atoms with Crippen LogP contribution < -0.4 is 10.6 Å². The van der Waals surface area contributed by atoms with Gasteiger partial charge in [-0.25, -0.2) is 14.2 Å². The average Bonchev–Trinajstić information content (AvgIpc) is 2.77. The van der Waals surface area contributed by atoms with E-state index in [0.29, 0.717) is 18.7 Å². The first-order valence-electron chi connectivity index (χ1n) is 9.23. The van der Waals surface area contributed by atoms with Gasteiger partial charge in [0.1, 0.15) is 17.6 Å². The summed E-state index contributed by atoms with van der Waals surface area (Å²) >= 11 is 5.13. The summed E-state index contributed by atoms with van der Waals surface area (Å²) in [6, 6.07) is 3.37. The van der Waals surface area contributed by atoms with Crippen molar-refractivity contribution < 1.29 is 28.5 Å². The second-order valence-electron chi connectivity index (χ2n) is 6.29. The van der Waals surface area contributed by atoms with Crippen molar-refractivity contribution in [1.29, 1.82) is 0 Å². The SMILES string of the molecule is C=C(CCNC(=O)CO/C=C/C(F)=C/Cl)NC(=O)c1ccc(C2CCCOO2)cn1. The van der Waals surface area contributed by atoms with Crippen molar-refractivity contribution in [3.63, 3.8) is 0 Å². The van der Waals surface area contributed by atoms with Crippen molar-refractivity contribution in [3.8, 4) is 0 Å². The highest BCUT2D eigenvalue weighted by atomic mass is 35.5. The van der Waals surface area contributed by atoms with E-state index in [1.807, 2.05) is 0 Å². The smallest absolute Gasteiger partial charge is 0.273 e. The molecule has 0 spiro atoms. The minimum absolute atomic E-state index is 0.183. The fourth-order valence-electron chi connectivity index (χ4n) is 2.42. The molecule has 1 saturated heterocycles. The van der Waals surface area contributed by atoms with Crippen LogP contribution in [0.1, 0.15) is 41.4 Å². The molecule has 1 fully saturated rings. The lowest BCUT2D eigenvalue weighted by atomic mass is 10.1. The van der Waals surface area contributed by atoms with E-state index in [1.165, 1.54) is 0 Å². The number of carbonyl (C=O) groups excluding carboxylic acids is 2. The summed E-state index contributed by atoms with van der Waals surface area (Å²) in [5.41, 5.74) is 2.24. The van der Waals surface area contributed by atoms with Crippen LogP contribution in [-0.2, 0) is 19.3 Å². The monoisotopic (exact) mass is 439 g/mol. The Labute approximate surface area is 178 Å². The van der Waals surface area contributed by atoms with Gasteiger partial charge < -0.3 is 15.4 Å². The maximum Gasteiger partial charge on any atom is 0.273 e. The highest BCUT2D eigenvalue weighted by Crippen LogP contribution is 2.26. The van der Waals surface area contributed by atoms with Crippen LogP contribution in [-0.4, -0.2) is 36.6 Å². The molecule has 0 saturated carbocycles. The summed E-state index contributed by atoms with van der Waals surface area (Å²) < 4.78 is 17.5. The number of hydrogen-bond donors (Lipinski definition) is 2. The molecule has 1 aromatic heterocycles. The van der Waals surface area contributed by atoms with Gasteiger partial charge in [-0.1, -0.05) is 24.2 Å². The van der Waals surface area contributed by atoms with E-state index in [0.717, 1.165) is 36.3 Å². The van der Waals surface area contributed by atoms with Crippen LogP contribution in [0.2, 0.25) is 0 Å². The molecule has 1 aliphatic rings. The van der Waals surface area contributed by atoms with Gasteiger partial charge in [0.05, 0.1) is 12.9 Å². The van der Waals surface area contributed by atoms with Crippen molar-refractivity contribution in [2.45, 2.75) is 25.4 Å². The summed E-state index contributed by atoms with van der Waals surface area (Å²) in [6.45, 7) is 4.30. The van der Waals surface area contributed by atoms with E-state index < -0.39 is 17.6 Å². The number of rotatable bonds is 10. The molecule has 1 aromatic rings. The molecule has 0 aliphatic carbocycles. The van der Waals surface area contributed by atoms with Crippen LogP contribution in [0.15, 0.2) is 54.3 Å². The third-order valence-electron chi connectivity index (χ3n) is 3.95. The van der Waals surface area contributed by atoms with Crippen LogP contribution in [0.5, 0.6) is 0 Å². The molecule has 0 radical (unpaired) electrons. The number of ether oxygens (including phenoxy) is 1. The van der Waals surface area contributed by atoms with Crippen LogP contribution in [0.4, 0.5) is 4.39 Å². The highest BCUT2D eigenvalue weighted by Gasteiger charge is 2.18. The van der Waals surface area contributed by atoms with Gasteiger partial charge in [0.2, 0.25) is 0 Å². The summed E-state index contributed by atoms with van der Waals surface area (Å²) in [5.74, 6) is -1.49. The number of halogens is 2. The Morgan fingerprint density at radius 1 is 1.43 bits per heavy atom. The highest BCUT2D eigenvalue weighted by molar-refractivity contribution is 6.25. The number of carbonyl (C=O) groups is 2. The Bertz CT molecular complexity index is 792. The van der Waals surface area contributed by atoms with E-state index in [4.69, 9.17) is 26.1 Å². The molecule has 1 unspecified atom stereocenters. The van der Waals surface area contributed by atoms with E-state index in [2.05, 4.69) is 22.2 Å². The van der Waals surface area contributed by atoms with Crippen molar-refractivity contribution in [1.82, 2.24) is 15.6 Å². The van der Waals surface area contributed by atoms with Crippen LogP contribution in [0.25, 0.3) is 0 Å². The number of allylic oxidation sites excluding steroid dienone is 2. The number of nitrogens with zero attached hydrogens (tertiary/aromatic N) is 1. The first-order valence-corrected chi connectivity index (χ1v) is 9.67. The van der Waals surface area contributed by atoms with E-state index in [9.17, 15) is 14.0 Å². The molecule has 10 heteroatoms. The van der Waals surface area contributed by atoms with E-state index >= 15 is 0 Å². The lowest BCUT2D eigenvalue weighted by Gasteiger charge is -2.21. The minimum atomic E-state index is -0.690. The quantitative estimate of drug-likeness (QED) is 0.330. The molecule has 2 amide bonds. The maximum absolute atomic E-state index is 12.7. The third-order valence-corrected chi connectivity index (χ3v) is 4.16. The fraction of sp³-hybridized carbons (Fsp3) is 0.350. The molecule has 2 rings (SSSR count). The van der Waals surface area contributed by atoms with Crippen LogP contribution >= 0.6 is 11.6 Å². The van der Waals surface area contributed by atoms with Crippen LogP contribution in [0.3, 0.4) is 0 Å². The third kappa shape index (κ3) is 8.32. The van der Waals surface area contributed by atoms with E-state index in [-0.39, 0.29) is 24.9 Å². The average molecular weight is 440 g/mol. The maximum atomic E-state index is 12.7. The lowest BCUT2D eigenvalue weighted by Crippen LogP contribution is -2.30. The van der Waals surface area contributed by atoms with Gasteiger partial charge in [-0.05, 0) is 18.9 Å². The van der Waals surface area contributed by atoms with Crippen LogP contribution in [0, 0.1) is 0 Å². The molecule has 2 N–H and O–H groups in total. The zero-order valence-electron chi connectivity index (χ0n) is 16.2. The van der Waals surface area contributed by atoms with Crippen molar-refractivity contribution in [3.05, 3.63) is 65.6 Å². The molecular weight excluding hydrogens is 417 g/mol. The number of hydrogen-bond acceptors (Lipinski definition) is 6. The standard InChI is InChI=1S/C20H23ClFN3O5/c1-14(6-8-23-19(26)13-28-10-7-16(22)11-21)25-20(27)17-5-4-15(12-24-17)18-3-2-9-29-30-18/h4-5,7,10-12,18H,1-3,6,8-9,13H2,(H,23,26)(H,25,27)/b10-7+,16-11-. The topological polar surface area (TPSA) is 98.8 Å². The second-order valence-corrected chi connectivity index (χ2v) is 6.51. The second kappa shape index (κ2) is 12.7. The van der Waals surface area contributed by atoms with E-state index in [1.54, 1.807) is 18.3 Å². The summed E-state index contributed by atoms with van der Waals surface area (Å²) in [7, 11) is 0. The molecule has 2 heterocycles. The van der Waals surface area contributed by atoms with Crippen molar-refractivity contribution >= 4 is 23.4 Å². The molecule has 1 aliphatic heterocycles. The zero-order chi connectivity index (χ0) is 21.8. The Morgan fingerprint density at radius 2 is 2.27 bits per heavy atom. The molecule has 30 heavy (non-hydrogen) atoms. The van der Waals surface area contributed by atoms with Gasteiger partial charge in [0, 0.05) is 42.0 Å². The Balaban J connectivity index is 1.67. The molecule has 162 valence electrons. The largest absolute Gasteiger partial charge is 0.491 e. The molecule has 0 aromatic carbocycles. The zero-order valence-corrected chi connectivity index (χ0v) is 17.0. The minimum Gasteiger partial charge on any atom is -0.491 e. The first-order chi connectivity index (χ1) is 14.5. The Kier molecular flexibility index (Phi) is 9.99. The summed E-state index contributed by atoms with van der Waals surface area (Å²) in [5, 5.41) is 5.22. The van der Waals surface area contributed by atoms with Gasteiger partial charge >= 0.3 is 0 Å². The van der Waals surface area contributed by atoms with Gasteiger partial charge in [0.15, 0.2) is 6.61 Å². The number of nitrogens with one attached hydrogen (secondary N) is 2. The summed E-state index contributed by atoms with van der Waals surface area (Å²) in [6.07, 6.45) is 5.46. The Hall–Kier alpha value is -2.75. The molecular formula is C20H23ClFN3O5. The first kappa shape index (κ1) is 23.5. The molecule has 0 bridgehead atoms. The fourth-order valence-corrected chi connectivity index (χ4v) is 2.50. The predicted octanol–water partition coefficient (Wildman–Crippen LogP) is 3.19. The summed E-state index contributed by atoms with van der Waals surface area (Å²) in [4.78, 5) is 38.2. The number of pyridine rings is 1. The van der Waals surface area contributed by atoms with Crippen molar-refractivity contribution in [2.24, 2.45) is 0 Å². The number of amides is 2. The number of aromatic nitrogens is 1. The predicted molar refractivity (Wildman–Crippen MR) is 108 cm³/mol. The van der Waals surface area contributed by atoms with Crippen molar-refractivity contribution in [2.75, 3.05) is 19.8 Å². The molecule has 1 atom stereocenters. The molecule has 8 nitrogen and oxygen atoms in total. The Morgan fingerprint density at radius 3 is 2.93 bits per heavy atom. The van der Waals surface area contributed by atoms with Gasteiger partial charge in [0.25, 0.3) is 11.8 Å². The van der Waals surface area contributed by atoms with Gasteiger partial charge in [-0.3, -0.25) is 14.6 Å². The lowest BCUT2D eigenvalue weighted by molar-refractivity contribution is -0.348. The normalized spacial score (nSPS) is 16.9.